The molecule has 12 heteroatoms. The van der Waals surface area contributed by atoms with Crippen molar-refractivity contribution in [3.8, 4) is 17.2 Å². The lowest BCUT2D eigenvalue weighted by Gasteiger charge is -2.11. The number of non-ortho nitro benzene ring substituents is 1. The zero-order chi connectivity index (χ0) is 25.4. The topological polar surface area (TPSA) is 127 Å². The Kier molecular flexibility index (Phi) is 6.29. The number of halogens is 2. The number of rotatable bonds is 5. The second-order valence-corrected chi connectivity index (χ2v) is 9.17. The molecule has 3 aromatic rings. The van der Waals surface area contributed by atoms with Crippen molar-refractivity contribution in [3.05, 3.63) is 96.0 Å². The molecule has 0 fully saturated rings. The molecule has 0 amide bonds. The van der Waals surface area contributed by atoms with Crippen molar-refractivity contribution in [3.63, 3.8) is 0 Å². The molecule has 10 nitrogen and oxygen atoms in total. The Morgan fingerprint density at radius 2 is 1.81 bits per heavy atom. The normalized spacial score (nSPS) is 15.0. The highest BCUT2D eigenvalue weighted by molar-refractivity contribution is 9.11. The lowest BCUT2D eigenvalue weighted by molar-refractivity contribution is -0.384. The van der Waals surface area contributed by atoms with Gasteiger partial charge in [-0.15, -0.1) is 0 Å². The third kappa shape index (κ3) is 4.72. The fourth-order valence-corrected chi connectivity index (χ4v) is 4.71. The van der Waals surface area contributed by atoms with Crippen LogP contribution in [0, 0.1) is 10.1 Å². The highest BCUT2D eigenvalue weighted by Crippen LogP contribution is 2.37. The molecule has 0 saturated carbocycles. The van der Waals surface area contributed by atoms with E-state index in [4.69, 9.17) is 18.9 Å². The number of cyclic esters (lactones) is 1. The van der Waals surface area contributed by atoms with Crippen LogP contribution in [-0.4, -0.2) is 29.6 Å². The number of nitro benzene ring substituents is 1. The predicted molar refractivity (Wildman–Crippen MR) is 133 cm³/mol. The van der Waals surface area contributed by atoms with Crippen LogP contribution in [0.15, 0.2) is 74.2 Å². The van der Waals surface area contributed by atoms with Gasteiger partial charge in [-0.3, -0.25) is 10.1 Å². The fourth-order valence-electron chi connectivity index (χ4n) is 3.38. The zero-order valence-electron chi connectivity index (χ0n) is 17.9. The monoisotopic (exact) mass is 614 g/mol. The standard InChI is InChI=1S/C24H12Br2N2O8/c25-15-7-14(21(17(26)10-15)35-23(29)12-1-4-16(5-2-12)28(31)32)8-18-24(30)36-22(27-18)13-3-6-19-20(9-13)34-11-33-19/h1-10H,11H2/b18-8+. The summed E-state index contributed by atoms with van der Waals surface area (Å²) in [6.07, 6.45) is 1.43. The van der Waals surface area contributed by atoms with Gasteiger partial charge in [0.2, 0.25) is 12.7 Å². The quantitative estimate of drug-likeness (QED) is 0.123. The Labute approximate surface area is 219 Å². The average molecular weight is 616 g/mol. The first kappa shape index (κ1) is 23.7. The van der Waals surface area contributed by atoms with Crippen LogP contribution >= 0.6 is 31.9 Å². The van der Waals surface area contributed by atoms with Crippen molar-refractivity contribution in [2.24, 2.45) is 4.99 Å². The number of nitro groups is 1. The van der Waals surface area contributed by atoms with Gasteiger partial charge in [0.05, 0.1) is 15.0 Å². The molecule has 0 aliphatic carbocycles. The summed E-state index contributed by atoms with van der Waals surface area (Å²) in [5, 5.41) is 10.9. The van der Waals surface area contributed by atoms with Gasteiger partial charge in [0.1, 0.15) is 0 Å². The summed E-state index contributed by atoms with van der Waals surface area (Å²) in [6.45, 7) is 0.106. The van der Waals surface area contributed by atoms with Gasteiger partial charge in [-0.25, -0.2) is 14.6 Å². The van der Waals surface area contributed by atoms with Crippen molar-refractivity contribution >= 4 is 61.5 Å². The minimum Gasteiger partial charge on any atom is -0.454 e. The highest BCUT2D eigenvalue weighted by atomic mass is 79.9. The van der Waals surface area contributed by atoms with Crippen LogP contribution in [0.5, 0.6) is 17.2 Å². The molecule has 0 bridgehead atoms. The van der Waals surface area contributed by atoms with Gasteiger partial charge in [0, 0.05) is 27.7 Å². The van der Waals surface area contributed by atoms with Gasteiger partial charge in [-0.2, -0.15) is 0 Å². The second-order valence-electron chi connectivity index (χ2n) is 7.40. The Hall–Kier alpha value is -4.03. The lowest BCUT2D eigenvalue weighted by atomic mass is 10.1. The molecule has 3 aromatic carbocycles. The molecule has 0 N–H and O–H groups in total. The van der Waals surface area contributed by atoms with E-state index in [2.05, 4.69) is 36.9 Å². The van der Waals surface area contributed by atoms with Gasteiger partial charge < -0.3 is 18.9 Å². The van der Waals surface area contributed by atoms with Crippen LogP contribution in [0.3, 0.4) is 0 Å². The molecule has 0 aromatic heterocycles. The van der Waals surface area contributed by atoms with Crippen LogP contribution in [0.4, 0.5) is 5.69 Å². The van der Waals surface area contributed by atoms with E-state index < -0.39 is 16.9 Å². The number of nitrogens with zero attached hydrogens (tertiary/aromatic N) is 2. The molecule has 2 aliphatic heterocycles. The predicted octanol–water partition coefficient (Wildman–Crippen LogP) is 5.41. The summed E-state index contributed by atoms with van der Waals surface area (Å²) in [7, 11) is 0. The Morgan fingerprint density at radius 3 is 2.56 bits per heavy atom. The van der Waals surface area contributed by atoms with Crippen LogP contribution < -0.4 is 14.2 Å². The van der Waals surface area contributed by atoms with E-state index in [1.54, 1.807) is 30.3 Å². The van der Waals surface area contributed by atoms with Crippen molar-refractivity contribution in [2.75, 3.05) is 6.79 Å². The van der Waals surface area contributed by atoms with E-state index in [9.17, 15) is 19.7 Å². The fraction of sp³-hybridized carbons (Fsp3) is 0.0417. The molecule has 180 valence electrons. The number of aliphatic imine (C=N–C) groups is 1. The number of carbonyl (C=O) groups is 2. The van der Waals surface area contributed by atoms with E-state index in [1.165, 1.54) is 30.3 Å². The smallest absolute Gasteiger partial charge is 0.363 e. The van der Waals surface area contributed by atoms with Crippen molar-refractivity contribution < 1.29 is 33.5 Å². The number of benzene rings is 3. The van der Waals surface area contributed by atoms with E-state index in [0.717, 1.165) is 0 Å². The Morgan fingerprint density at radius 1 is 1.06 bits per heavy atom. The van der Waals surface area contributed by atoms with Gasteiger partial charge in [-0.05, 0) is 64.5 Å². The van der Waals surface area contributed by atoms with Gasteiger partial charge in [-0.1, -0.05) is 15.9 Å². The maximum atomic E-state index is 12.7. The van der Waals surface area contributed by atoms with E-state index in [1.807, 2.05) is 0 Å². The van der Waals surface area contributed by atoms with E-state index in [-0.39, 0.29) is 35.4 Å². The van der Waals surface area contributed by atoms with Crippen molar-refractivity contribution in [2.45, 2.75) is 0 Å². The third-order valence-electron chi connectivity index (χ3n) is 5.08. The summed E-state index contributed by atoms with van der Waals surface area (Å²) in [5.41, 5.74) is 0.820. The van der Waals surface area contributed by atoms with Crippen LogP contribution in [-0.2, 0) is 9.53 Å². The number of hydrogen-bond acceptors (Lipinski definition) is 9. The first-order chi connectivity index (χ1) is 17.3. The molecule has 0 radical (unpaired) electrons. The third-order valence-corrected chi connectivity index (χ3v) is 6.12. The van der Waals surface area contributed by atoms with Crippen LogP contribution in [0.1, 0.15) is 21.5 Å². The largest absolute Gasteiger partial charge is 0.454 e. The summed E-state index contributed by atoms with van der Waals surface area (Å²) >= 11 is 6.75. The first-order valence-electron chi connectivity index (χ1n) is 10.2. The minimum absolute atomic E-state index is 0.0136. The molecule has 5 rings (SSSR count). The number of ether oxygens (including phenoxy) is 4. The van der Waals surface area contributed by atoms with Gasteiger partial charge in [0.25, 0.3) is 5.69 Å². The molecule has 2 aliphatic rings. The maximum Gasteiger partial charge on any atom is 0.363 e. The number of fused-ring (bicyclic) bond motifs is 1. The lowest BCUT2D eigenvalue weighted by Crippen LogP contribution is -2.10. The second kappa shape index (κ2) is 9.55. The summed E-state index contributed by atoms with van der Waals surface area (Å²) in [4.78, 5) is 39.9. The molecular weight excluding hydrogens is 604 g/mol. The van der Waals surface area contributed by atoms with Crippen LogP contribution in [0.25, 0.3) is 6.08 Å². The molecule has 2 heterocycles. The van der Waals surface area contributed by atoms with E-state index in [0.29, 0.717) is 31.6 Å². The Bertz CT molecular complexity index is 1500. The Balaban J connectivity index is 1.46. The summed E-state index contributed by atoms with van der Waals surface area (Å²) in [6, 6.07) is 13.3. The minimum atomic E-state index is -0.744. The van der Waals surface area contributed by atoms with Gasteiger partial charge in [0.15, 0.2) is 22.9 Å². The number of esters is 2. The highest BCUT2D eigenvalue weighted by Gasteiger charge is 2.27. The molecule has 0 atom stereocenters. The number of hydrogen-bond donors (Lipinski definition) is 0. The van der Waals surface area contributed by atoms with Gasteiger partial charge >= 0.3 is 11.9 Å². The summed E-state index contributed by atoms with van der Waals surface area (Å²) in [5.74, 6) is -0.132. The molecule has 36 heavy (non-hydrogen) atoms. The zero-order valence-corrected chi connectivity index (χ0v) is 21.1. The first-order valence-corrected chi connectivity index (χ1v) is 11.8. The van der Waals surface area contributed by atoms with Crippen LogP contribution in [0.2, 0.25) is 0 Å². The SMILES string of the molecule is O=C1OC(c2ccc3c(c2)OCO3)=N/C1=C/c1cc(Br)cc(Br)c1OC(=O)c1ccc([N+](=O)[O-])cc1. The summed E-state index contributed by atoms with van der Waals surface area (Å²) < 4.78 is 22.6. The van der Waals surface area contributed by atoms with E-state index >= 15 is 0 Å². The molecule has 0 saturated heterocycles. The van der Waals surface area contributed by atoms with Crippen molar-refractivity contribution in [1.82, 2.24) is 0 Å². The molecule has 0 unspecified atom stereocenters. The molecule has 0 spiro atoms. The number of carbonyl (C=O) groups excluding carboxylic acids is 2. The molecular formula is C24H12Br2N2O8. The van der Waals surface area contributed by atoms with Crippen molar-refractivity contribution in [1.29, 1.82) is 0 Å². The maximum absolute atomic E-state index is 12.7. The average Bonchev–Trinajstić information content (AvgIpc) is 3.47.